The lowest BCUT2D eigenvalue weighted by Gasteiger charge is -2.16. The number of carbonyl (C=O) groups excluding carboxylic acids is 1. The number of hydrogen-bond donors (Lipinski definition) is 2. The number of aliphatic hydroxyl groups is 1. The summed E-state index contributed by atoms with van der Waals surface area (Å²) < 4.78 is 4.35. The molecular formula is C7H10O5. The van der Waals surface area contributed by atoms with Crippen LogP contribution in [0, 0.1) is 0 Å². The van der Waals surface area contributed by atoms with Crippen LogP contribution in [0.4, 0.5) is 0 Å². The van der Waals surface area contributed by atoms with Crippen molar-refractivity contribution in [3.8, 4) is 0 Å². The van der Waals surface area contributed by atoms with Crippen molar-refractivity contribution in [2.24, 2.45) is 0 Å². The van der Waals surface area contributed by atoms with Gasteiger partial charge in [-0.3, -0.25) is 0 Å². The number of carboxylic acids is 1. The molecule has 5 heteroatoms. The maximum atomic E-state index is 10.6. The molecule has 0 unspecified atom stereocenters. The van der Waals surface area contributed by atoms with Gasteiger partial charge in [0, 0.05) is 26.0 Å². The second kappa shape index (κ2) is 3.87. The molecule has 0 aromatic heterocycles. The van der Waals surface area contributed by atoms with E-state index in [1.165, 1.54) is 13.8 Å². The fraction of sp³-hybridized carbons (Fsp3) is 0.429. The van der Waals surface area contributed by atoms with Crippen molar-refractivity contribution in [2.75, 3.05) is 0 Å². The molecule has 0 aliphatic carbocycles. The second-order valence-electron chi connectivity index (χ2n) is 2.54. The zero-order chi connectivity index (χ0) is 9.78. The summed E-state index contributed by atoms with van der Waals surface area (Å²) in [5.74, 6) is -3.73. The molecule has 0 spiro atoms. The van der Waals surface area contributed by atoms with Crippen molar-refractivity contribution in [3.05, 3.63) is 12.2 Å². The third-order valence-electron chi connectivity index (χ3n) is 0.712. The first kappa shape index (κ1) is 10.6. The molecule has 2 N–H and O–H groups in total. The molecule has 0 amide bonds. The van der Waals surface area contributed by atoms with Crippen molar-refractivity contribution in [1.29, 1.82) is 0 Å². The maximum Gasteiger partial charge on any atom is 0.333 e. The van der Waals surface area contributed by atoms with Crippen molar-refractivity contribution >= 4 is 11.9 Å². The first-order valence-electron chi connectivity index (χ1n) is 3.17. The molecule has 0 aliphatic heterocycles. The first-order chi connectivity index (χ1) is 5.31. The number of carbonyl (C=O) groups is 2. The zero-order valence-electron chi connectivity index (χ0n) is 6.77. The summed E-state index contributed by atoms with van der Waals surface area (Å²) in [6.45, 7) is 2.53. The first-order valence-corrected chi connectivity index (χ1v) is 3.17. The topological polar surface area (TPSA) is 83.8 Å². The molecule has 5 nitrogen and oxygen atoms in total. The molecule has 12 heavy (non-hydrogen) atoms. The molecule has 0 aliphatic rings. The fourth-order valence-corrected chi connectivity index (χ4v) is 0.420. The highest BCUT2D eigenvalue weighted by atomic mass is 16.7. The minimum Gasteiger partial charge on any atom is -0.478 e. The molecule has 0 rings (SSSR count). The largest absolute Gasteiger partial charge is 0.478 e. The van der Waals surface area contributed by atoms with Gasteiger partial charge in [0.05, 0.1) is 0 Å². The third kappa shape index (κ3) is 6.76. The lowest BCUT2D eigenvalue weighted by Crippen LogP contribution is -2.26. The zero-order valence-corrected chi connectivity index (χ0v) is 6.77. The van der Waals surface area contributed by atoms with E-state index in [2.05, 4.69) is 4.74 Å². The predicted molar refractivity (Wildman–Crippen MR) is 39.2 cm³/mol. The van der Waals surface area contributed by atoms with Crippen molar-refractivity contribution < 1.29 is 24.5 Å². The highest BCUT2D eigenvalue weighted by Gasteiger charge is 2.16. The van der Waals surface area contributed by atoms with Gasteiger partial charge in [0.15, 0.2) is 0 Å². The van der Waals surface area contributed by atoms with Gasteiger partial charge in [-0.05, 0) is 0 Å². The monoisotopic (exact) mass is 174 g/mol. The van der Waals surface area contributed by atoms with Crippen molar-refractivity contribution in [1.82, 2.24) is 0 Å². The van der Waals surface area contributed by atoms with Gasteiger partial charge >= 0.3 is 11.9 Å². The van der Waals surface area contributed by atoms with Gasteiger partial charge < -0.3 is 14.9 Å². The Labute approximate surface area is 69.3 Å². The number of aliphatic carboxylic acids is 1. The normalized spacial score (nSPS) is 11.6. The van der Waals surface area contributed by atoms with E-state index >= 15 is 0 Å². The molecule has 0 atom stereocenters. The van der Waals surface area contributed by atoms with Crippen LogP contribution in [0.15, 0.2) is 12.2 Å². The van der Waals surface area contributed by atoms with E-state index in [1.54, 1.807) is 0 Å². The molecule has 0 bridgehead atoms. The number of hydrogen-bond acceptors (Lipinski definition) is 4. The molecule has 0 fully saturated rings. The van der Waals surface area contributed by atoms with E-state index < -0.39 is 17.7 Å². The van der Waals surface area contributed by atoms with E-state index in [4.69, 9.17) is 10.2 Å². The lowest BCUT2D eigenvalue weighted by molar-refractivity contribution is -0.189. The molecular weight excluding hydrogens is 164 g/mol. The van der Waals surface area contributed by atoms with Crippen LogP contribution in [-0.4, -0.2) is 27.9 Å². The van der Waals surface area contributed by atoms with Gasteiger partial charge in [0.1, 0.15) is 0 Å². The Kier molecular flexibility index (Phi) is 3.43. The molecule has 0 aromatic carbocycles. The third-order valence-corrected chi connectivity index (χ3v) is 0.712. The molecule has 68 valence electrons. The SMILES string of the molecule is CC(C)(O)OC(=O)/C=C\C(=O)O. The van der Waals surface area contributed by atoms with Gasteiger partial charge in [-0.15, -0.1) is 0 Å². The quantitative estimate of drug-likeness (QED) is 0.354. The van der Waals surface area contributed by atoms with Crippen LogP contribution in [0.3, 0.4) is 0 Å². The van der Waals surface area contributed by atoms with Crippen LogP contribution < -0.4 is 0 Å². The number of esters is 1. The number of rotatable bonds is 3. The standard InChI is InChI=1S/C7H10O5/c1-7(2,11)12-6(10)4-3-5(8)9/h3-4,11H,1-2H3,(H,8,9)/b4-3-. The van der Waals surface area contributed by atoms with Crippen LogP contribution in [0.5, 0.6) is 0 Å². The van der Waals surface area contributed by atoms with Crippen LogP contribution >= 0.6 is 0 Å². The second-order valence-corrected chi connectivity index (χ2v) is 2.54. The average molecular weight is 174 g/mol. The molecule has 0 heterocycles. The van der Waals surface area contributed by atoms with Gasteiger partial charge in [-0.1, -0.05) is 0 Å². The summed E-state index contributed by atoms with van der Waals surface area (Å²) in [7, 11) is 0. The van der Waals surface area contributed by atoms with Gasteiger partial charge in [-0.2, -0.15) is 0 Å². The smallest absolute Gasteiger partial charge is 0.333 e. The molecule has 0 radical (unpaired) electrons. The van der Waals surface area contributed by atoms with E-state index in [0.29, 0.717) is 6.08 Å². The van der Waals surface area contributed by atoms with Crippen LogP contribution in [0.1, 0.15) is 13.8 Å². The van der Waals surface area contributed by atoms with Crippen molar-refractivity contribution in [3.63, 3.8) is 0 Å². The summed E-state index contributed by atoms with van der Waals surface area (Å²) in [6.07, 6.45) is 1.36. The predicted octanol–water partition coefficient (Wildman–Crippen LogP) is -0.101. The molecule has 0 saturated carbocycles. The highest BCUT2D eigenvalue weighted by Crippen LogP contribution is 2.03. The summed E-state index contributed by atoms with van der Waals surface area (Å²) in [4.78, 5) is 20.5. The summed E-state index contributed by atoms with van der Waals surface area (Å²) >= 11 is 0. The van der Waals surface area contributed by atoms with E-state index in [0.717, 1.165) is 6.08 Å². The lowest BCUT2D eigenvalue weighted by atomic mass is 10.4. The minimum absolute atomic E-state index is 0.633. The highest BCUT2D eigenvalue weighted by molar-refractivity contribution is 5.90. The Bertz CT molecular complexity index is 210. The van der Waals surface area contributed by atoms with E-state index in [1.807, 2.05) is 0 Å². The summed E-state index contributed by atoms with van der Waals surface area (Å²) in [5, 5.41) is 17.0. The maximum absolute atomic E-state index is 10.6. The van der Waals surface area contributed by atoms with Gasteiger partial charge in [-0.25, -0.2) is 9.59 Å². The Morgan fingerprint density at radius 2 is 1.83 bits per heavy atom. The number of ether oxygens (including phenoxy) is 1. The summed E-state index contributed by atoms with van der Waals surface area (Å²) in [6, 6.07) is 0. The fourth-order valence-electron chi connectivity index (χ4n) is 0.420. The van der Waals surface area contributed by atoms with Crippen molar-refractivity contribution in [2.45, 2.75) is 19.6 Å². The van der Waals surface area contributed by atoms with Gasteiger partial charge in [0.25, 0.3) is 0 Å². The van der Waals surface area contributed by atoms with Crippen LogP contribution in [-0.2, 0) is 14.3 Å². The Morgan fingerprint density at radius 3 is 2.17 bits per heavy atom. The average Bonchev–Trinajstić information content (AvgIpc) is 1.79. The van der Waals surface area contributed by atoms with Gasteiger partial charge in [0.2, 0.25) is 5.79 Å². The van der Waals surface area contributed by atoms with Crippen LogP contribution in [0.2, 0.25) is 0 Å². The number of carboxylic acid groups (broad SMARTS) is 1. The Balaban J connectivity index is 3.99. The Hall–Kier alpha value is -1.36. The summed E-state index contributed by atoms with van der Waals surface area (Å²) in [5.41, 5.74) is 0. The molecule has 0 aromatic rings. The Morgan fingerprint density at radius 1 is 1.33 bits per heavy atom. The van der Waals surface area contributed by atoms with E-state index in [9.17, 15) is 9.59 Å². The molecule has 0 saturated heterocycles. The van der Waals surface area contributed by atoms with Crippen LogP contribution in [0.25, 0.3) is 0 Å². The van der Waals surface area contributed by atoms with E-state index in [-0.39, 0.29) is 0 Å². The minimum atomic E-state index is -1.58.